The maximum atomic E-state index is 12.1. The van der Waals surface area contributed by atoms with Gasteiger partial charge in [0.2, 0.25) is 0 Å². The maximum Gasteiger partial charge on any atom is 0.262 e. The molecule has 0 aliphatic carbocycles. The summed E-state index contributed by atoms with van der Waals surface area (Å²) in [5.41, 5.74) is 0.381. The van der Waals surface area contributed by atoms with E-state index in [1.54, 1.807) is 6.92 Å². The predicted octanol–water partition coefficient (Wildman–Crippen LogP) is 0.794. The summed E-state index contributed by atoms with van der Waals surface area (Å²) in [6.07, 6.45) is 1.97. The Labute approximate surface area is 113 Å². The number of nitrogens with zero attached hydrogens (tertiary/aromatic N) is 1. The minimum atomic E-state index is -0.277. The molecular weight excluding hydrogens is 266 g/mol. The third-order valence-electron chi connectivity index (χ3n) is 2.99. The maximum absolute atomic E-state index is 12.1. The van der Waals surface area contributed by atoms with Crippen molar-refractivity contribution in [3.05, 3.63) is 27.1 Å². The third-order valence-corrected chi connectivity index (χ3v) is 4.19. The number of hydrogen-bond acceptors (Lipinski definition) is 5. The Morgan fingerprint density at radius 3 is 2.95 bits per heavy atom. The number of aryl methyl sites for hydroxylation is 1. The van der Waals surface area contributed by atoms with Crippen molar-refractivity contribution < 1.29 is 9.90 Å². The van der Waals surface area contributed by atoms with E-state index in [1.807, 2.05) is 6.92 Å². The number of rotatable bonds is 4. The molecule has 2 rings (SSSR count). The molecule has 0 aliphatic heterocycles. The average molecular weight is 281 g/mol. The molecule has 0 radical (unpaired) electrons. The number of carbonyl (C=O) groups is 1. The van der Waals surface area contributed by atoms with Gasteiger partial charge in [0.15, 0.2) is 0 Å². The quantitative estimate of drug-likeness (QED) is 0.772. The molecule has 0 aromatic carbocycles. The van der Waals surface area contributed by atoms with Gasteiger partial charge in [-0.05, 0) is 18.9 Å². The van der Waals surface area contributed by atoms with Crippen LogP contribution < -0.4 is 10.9 Å². The molecule has 1 amide bonds. The molecule has 0 bridgehead atoms. The fourth-order valence-electron chi connectivity index (χ4n) is 1.82. The van der Waals surface area contributed by atoms with E-state index in [9.17, 15) is 9.59 Å². The van der Waals surface area contributed by atoms with Gasteiger partial charge >= 0.3 is 0 Å². The summed E-state index contributed by atoms with van der Waals surface area (Å²) in [4.78, 5) is 31.4. The number of fused-ring (bicyclic) bond motifs is 1. The number of H-pyrrole nitrogens is 1. The number of aliphatic hydroxyl groups is 1. The number of aromatic nitrogens is 2. The third kappa shape index (κ3) is 2.52. The van der Waals surface area contributed by atoms with Crippen LogP contribution in [0, 0.1) is 6.92 Å². The molecule has 19 heavy (non-hydrogen) atoms. The highest BCUT2D eigenvalue weighted by Gasteiger charge is 2.19. The summed E-state index contributed by atoms with van der Waals surface area (Å²) in [5.74, 6) is -0.277. The fourth-order valence-corrected chi connectivity index (χ4v) is 2.88. The molecule has 7 heteroatoms. The molecule has 2 aromatic rings. The van der Waals surface area contributed by atoms with Gasteiger partial charge in [-0.1, -0.05) is 6.92 Å². The van der Waals surface area contributed by atoms with Crippen LogP contribution in [0.1, 0.15) is 28.6 Å². The Balaban J connectivity index is 2.41. The number of carbonyl (C=O) groups excluding carboxylic acids is 1. The molecule has 0 spiro atoms. The van der Waals surface area contributed by atoms with Crippen LogP contribution in [0.15, 0.2) is 11.1 Å². The summed E-state index contributed by atoms with van der Waals surface area (Å²) in [5, 5.41) is 12.3. The van der Waals surface area contributed by atoms with E-state index < -0.39 is 0 Å². The first-order valence-corrected chi connectivity index (χ1v) is 6.78. The van der Waals surface area contributed by atoms with Crippen molar-refractivity contribution in [1.29, 1.82) is 0 Å². The van der Waals surface area contributed by atoms with Crippen LogP contribution in [0.3, 0.4) is 0 Å². The molecule has 0 fully saturated rings. The number of aromatic amines is 1. The average Bonchev–Trinajstić information content (AvgIpc) is 2.74. The van der Waals surface area contributed by atoms with Gasteiger partial charge in [0.1, 0.15) is 4.83 Å². The first-order valence-electron chi connectivity index (χ1n) is 5.97. The van der Waals surface area contributed by atoms with Crippen LogP contribution >= 0.6 is 11.3 Å². The van der Waals surface area contributed by atoms with Crippen molar-refractivity contribution in [2.24, 2.45) is 0 Å². The lowest BCUT2D eigenvalue weighted by Crippen LogP contribution is -2.36. The summed E-state index contributed by atoms with van der Waals surface area (Å²) in [7, 11) is 0. The van der Waals surface area contributed by atoms with Crippen LogP contribution in [0.4, 0.5) is 0 Å². The minimum absolute atomic E-state index is 0.106. The fraction of sp³-hybridized carbons (Fsp3) is 0.417. The topological polar surface area (TPSA) is 95.1 Å². The first-order chi connectivity index (χ1) is 9.08. The molecular formula is C12H15N3O3S. The van der Waals surface area contributed by atoms with Gasteiger partial charge in [0, 0.05) is 0 Å². The van der Waals surface area contributed by atoms with E-state index in [0.717, 1.165) is 0 Å². The lowest BCUT2D eigenvalue weighted by molar-refractivity contribution is 0.0918. The normalized spacial score (nSPS) is 12.6. The zero-order valence-corrected chi connectivity index (χ0v) is 11.5. The van der Waals surface area contributed by atoms with Gasteiger partial charge in [0.25, 0.3) is 11.5 Å². The van der Waals surface area contributed by atoms with E-state index in [2.05, 4.69) is 15.3 Å². The van der Waals surface area contributed by atoms with Crippen molar-refractivity contribution in [2.75, 3.05) is 6.61 Å². The largest absolute Gasteiger partial charge is 0.394 e. The lowest BCUT2D eigenvalue weighted by Gasteiger charge is -2.13. The molecule has 0 saturated carbocycles. The summed E-state index contributed by atoms with van der Waals surface area (Å²) in [6.45, 7) is 3.50. The van der Waals surface area contributed by atoms with E-state index in [0.29, 0.717) is 27.1 Å². The number of nitrogens with one attached hydrogen (secondary N) is 2. The second-order valence-electron chi connectivity index (χ2n) is 4.23. The zero-order valence-electron chi connectivity index (χ0n) is 10.7. The molecule has 3 N–H and O–H groups in total. The predicted molar refractivity (Wildman–Crippen MR) is 73.6 cm³/mol. The van der Waals surface area contributed by atoms with Crippen molar-refractivity contribution >= 4 is 27.5 Å². The molecule has 6 nitrogen and oxygen atoms in total. The summed E-state index contributed by atoms with van der Waals surface area (Å²) >= 11 is 1.18. The Kier molecular flexibility index (Phi) is 3.96. The molecule has 2 aromatic heterocycles. The highest BCUT2D eigenvalue weighted by Crippen LogP contribution is 2.26. The first kappa shape index (κ1) is 13.7. The van der Waals surface area contributed by atoms with Gasteiger partial charge in [0.05, 0.1) is 29.2 Å². The molecule has 1 unspecified atom stereocenters. The van der Waals surface area contributed by atoms with Gasteiger partial charge < -0.3 is 15.4 Å². The molecule has 1 atom stereocenters. The second kappa shape index (κ2) is 5.50. The van der Waals surface area contributed by atoms with Crippen molar-refractivity contribution in [3.8, 4) is 0 Å². The van der Waals surface area contributed by atoms with Crippen molar-refractivity contribution in [3.63, 3.8) is 0 Å². The van der Waals surface area contributed by atoms with Crippen LogP contribution in [-0.2, 0) is 0 Å². The van der Waals surface area contributed by atoms with Crippen molar-refractivity contribution in [2.45, 2.75) is 26.3 Å². The summed E-state index contributed by atoms with van der Waals surface area (Å²) in [6, 6.07) is -0.275. The van der Waals surface area contributed by atoms with E-state index in [4.69, 9.17) is 5.11 Å². The monoisotopic (exact) mass is 281 g/mol. The van der Waals surface area contributed by atoms with E-state index >= 15 is 0 Å². The SMILES string of the molecule is CCC(CO)NC(=O)c1sc2nc[nH]c(=O)c2c1C. The van der Waals surface area contributed by atoms with Gasteiger partial charge in [-0.25, -0.2) is 4.98 Å². The van der Waals surface area contributed by atoms with E-state index in [-0.39, 0.29) is 24.1 Å². The van der Waals surface area contributed by atoms with Crippen LogP contribution in [0.2, 0.25) is 0 Å². The van der Waals surface area contributed by atoms with Crippen molar-refractivity contribution in [1.82, 2.24) is 15.3 Å². The molecule has 0 saturated heterocycles. The Morgan fingerprint density at radius 2 is 2.37 bits per heavy atom. The standard InChI is InChI=1S/C12H15N3O3S/c1-3-7(4-16)15-11(18)9-6(2)8-10(17)13-5-14-12(8)19-9/h5,7,16H,3-4H2,1-2H3,(H,15,18)(H,13,14,17). The van der Waals surface area contributed by atoms with Gasteiger partial charge in [-0.2, -0.15) is 0 Å². The van der Waals surface area contributed by atoms with Crippen LogP contribution in [-0.4, -0.2) is 33.6 Å². The number of thiophene rings is 1. The van der Waals surface area contributed by atoms with Crippen LogP contribution in [0.25, 0.3) is 10.2 Å². The summed E-state index contributed by atoms with van der Waals surface area (Å²) < 4.78 is 0. The second-order valence-corrected chi connectivity index (χ2v) is 5.23. The highest BCUT2D eigenvalue weighted by atomic mass is 32.1. The number of hydrogen-bond donors (Lipinski definition) is 3. The van der Waals surface area contributed by atoms with Crippen LogP contribution in [0.5, 0.6) is 0 Å². The molecule has 2 heterocycles. The zero-order chi connectivity index (χ0) is 14.0. The van der Waals surface area contributed by atoms with E-state index in [1.165, 1.54) is 17.7 Å². The number of amides is 1. The van der Waals surface area contributed by atoms with Gasteiger partial charge in [-0.15, -0.1) is 11.3 Å². The molecule has 102 valence electrons. The number of aliphatic hydroxyl groups excluding tert-OH is 1. The lowest BCUT2D eigenvalue weighted by atomic mass is 10.2. The minimum Gasteiger partial charge on any atom is -0.394 e. The molecule has 0 aliphatic rings. The Morgan fingerprint density at radius 1 is 1.63 bits per heavy atom. The highest BCUT2D eigenvalue weighted by molar-refractivity contribution is 7.20. The Bertz CT molecular complexity index is 658. The smallest absolute Gasteiger partial charge is 0.262 e. The van der Waals surface area contributed by atoms with Gasteiger partial charge in [-0.3, -0.25) is 9.59 Å². The Hall–Kier alpha value is -1.73.